The summed E-state index contributed by atoms with van der Waals surface area (Å²) >= 11 is 0. The molecule has 146 valence electrons. The Labute approximate surface area is 152 Å². The van der Waals surface area contributed by atoms with Crippen LogP contribution in [0.1, 0.15) is 81.1 Å². The minimum Gasteiger partial charge on any atom is -0.462 e. The van der Waals surface area contributed by atoms with Gasteiger partial charge in [-0.3, -0.25) is 14.4 Å². The van der Waals surface area contributed by atoms with Gasteiger partial charge >= 0.3 is 11.9 Å². The third-order valence-corrected chi connectivity index (χ3v) is 5.59. The molecule has 0 radical (unpaired) electrons. The van der Waals surface area contributed by atoms with Gasteiger partial charge in [0.15, 0.2) is 0 Å². The van der Waals surface area contributed by atoms with Crippen molar-refractivity contribution < 1.29 is 23.9 Å². The van der Waals surface area contributed by atoms with Crippen LogP contribution in [0.25, 0.3) is 0 Å². The number of rotatable bonds is 11. The lowest BCUT2D eigenvalue weighted by Gasteiger charge is -2.45. The molecule has 0 N–H and O–H groups in total. The van der Waals surface area contributed by atoms with Crippen molar-refractivity contribution >= 4 is 17.7 Å². The van der Waals surface area contributed by atoms with E-state index >= 15 is 0 Å². The molecule has 5 heteroatoms. The summed E-state index contributed by atoms with van der Waals surface area (Å²) in [5.41, 5.74) is -0.833. The standard InChI is InChI=1S/C20H36O5/c1-9-18(4,5)14-20(8,19(6,7)10-2)17(23)25-12-11-24-16(22)13-15(3)21/h9-14H2,1-8H3. The number of ketones is 1. The van der Waals surface area contributed by atoms with Crippen molar-refractivity contribution in [2.24, 2.45) is 16.2 Å². The highest BCUT2D eigenvalue weighted by Crippen LogP contribution is 2.50. The number of Topliss-reactive ketones (excluding diaryl/α,β-unsaturated/α-hetero) is 1. The van der Waals surface area contributed by atoms with E-state index in [4.69, 9.17) is 9.47 Å². The molecule has 0 spiro atoms. The molecule has 0 aliphatic rings. The van der Waals surface area contributed by atoms with E-state index in [0.717, 1.165) is 19.3 Å². The molecular formula is C20H36O5. The summed E-state index contributed by atoms with van der Waals surface area (Å²) in [6.45, 7) is 16.0. The van der Waals surface area contributed by atoms with Crippen LogP contribution in [0, 0.1) is 16.2 Å². The van der Waals surface area contributed by atoms with Gasteiger partial charge in [0, 0.05) is 0 Å². The fourth-order valence-electron chi connectivity index (χ4n) is 2.76. The zero-order valence-corrected chi connectivity index (χ0v) is 17.3. The molecule has 1 atom stereocenters. The van der Waals surface area contributed by atoms with E-state index in [-0.39, 0.29) is 42.2 Å². The predicted octanol–water partition coefficient (Wildman–Crippen LogP) is 4.32. The second-order valence-electron chi connectivity index (χ2n) is 8.50. The van der Waals surface area contributed by atoms with Crippen molar-refractivity contribution in [2.45, 2.75) is 81.1 Å². The topological polar surface area (TPSA) is 69.7 Å². The number of carbonyl (C=O) groups is 3. The second-order valence-corrected chi connectivity index (χ2v) is 8.50. The van der Waals surface area contributed by atoms with Crippen LogP contribution in [0.5, 0.6) is 0 Å². The molecule has 0 aliphatic heterocycles. The molecule has 0 fully saturated rings. The van der Waals surface area contributed by atoms with Crippen LogP contribution in [0.15, 0.2) is 0 Å². The average molecular weight is 357 g/mol. The minimum atomic E-state index is -0.634. The smallest absolute Gasteiger partial charge is 0.313 e. The van der Waals surface area contributed by atoms with E-state index in [0.29, 0.717) is 0 Å². The Hall–Kier alpha value is -1.39. The lowest BCUT2D eigenvalue weighted by molar-refractivity contribution is -0.169. The lowest BCUT2D eigenvalue weighted by Crippen LogP contribution is -2.46. The molecule has 0 heterocycles. The molecule has 0 aliphatic carbocycles. The van der Waals surface area contributed by atoms with E-state index in [1.165, 1.54) is 6.92 Å². The number of hydrogen-bond acceptors (Lipinski definition) is 5. The number of ether oxygens (including phenoxy) is 2. The van der Waals surface area contributed by atoms with Crippen LogP contribution in [0.4, 0.5) is 0 Å². The molecular weight excluding hydrogens is 320 g/mol. The van der Waals surface area contributed by atoms with Gasteiger partial charge in [-0.25, -0.2) is 0 Å². The van der Waals surface area contributed by atoms with Crippen molar-refractivity contribution in [3.63, 3.8) is 0 Å². The monoisotopic (exact) mass is 356 g/mol. The Morgan fingerprint density at radius 3 is 1.80 bits per heavy atom. The maximum Gasteiger partial charge on any atom is 0.313 e. The normalized spacial score (nSPS) is 14.6. The number of esters is 2. The van der Waals surface area contributed by atoms with E-state index in [1.54, 1.807) is 0 Å². The first-order chi connectivity index (χ1) is 11.3. The van der Waals surface area contributed by atoms with E-state index in [2.05, 4.69) is 41.5 Å². The molecule has 5 nitrogen and oxygen atoms in total. The summed E-state index contributed by atoms with van der Waals surface area (Å²) < 4.78 is 10.4. The quantitative estimate of drug-likeness (QED) is 0.313. The summed E-state index contributed by atoms with van der Waals surface area (Å²) in [5.74, 6) is -1.10. The first kappa shape index (κ1) is 23.6. The van der Waals surface area contributed by atoms with Crippen molar-refractivity contribution in [3.05, 3.63) is 0 Å². The van der Waals surface area contributed by atoms with Gasteiger partial charge in [-0.1, -0.05) is 48.0 Å². The molecule has 0 amide bonds. The lowest BCUT2D eigenvalue weighted by atomic mass is 9.58. The van der Waals surface area contributed by atoms with Gasteiger partial charge in [0.25, 0.3) is 0 Å². The van der Waals surface area contributed by atoms with Gasteiger partial charge in [-0.2, -0.15) is 0 Å². The molecule has 0 aromatic heterocycles. The highest BCUT2D eigenvalue weighted by molar-refractivity contribution is 5.94. The van der Waals surface area contributed by atoms with Crippen LogP contribution in [0.3, 0.4) is 0 Å². The summed E-state index contributed by atoms with van der Waals surface area (Å²) in [6, 6.07) is 0. The Bertz CT molecular complexity index is 478. The third kappa shape index (κ3) is 7.17. The summed E-state index contributed by atoms with van der Waals surface area (Å²) in [5, 5.41) is 0. The van der Waals surface area contributed by atoms with Crippen molar-refractivity contribution in [3.8, 4) is 0 Å². The Morgan fingerprint density at radius 2 is 1.36 bits per heavy atom. The van der Waals surface area contributed by atoms with Gasteiger partial charge in [0.1, 0.15) is 25.4 Å². The zero-order valence-electron chi connectivity index (χ0n) is 17.3. The van der Waals surface area contributed by atoms with Gasteiger partial charge in [-0.15, -0.1) is 0 Å². The van der Waals surface area contributed by atoms with Crippen LogP contribution in [-0.2, 0) is 23.9 Å². The fourth-order valence-corrected chi connectivity index (χ4v) is 2.76. The van der Waals surface area contributed by atoms with Crippen LogP contribution >= 0.6 is 0 Å². The maximum absolute atomic E-state index is 12.9. The minimum absolute atomic E-state index is 0.00438. The van der Waals surface area contributed by atoms with Gasteiger partial charge < -0.3 is 9.47 Å². The number of hydrogen-bond donors (Lipinski definition) is 0. The highest BCUT2D eigenvalue weighted by atomic mass is 16.6. The van der Waals surface area contributed by atoms with Crippen molar-refractivity contribution in [1.29, 1.82) is 0 Å². The van der Waals surface area contributed by atoms with Crippen LogP contribution in [-0.4, -0.2) is 30.9 Å². The molecule has 0 bridgehead atoms. The maximum atomic E-state index is 12.9. The highest BCUT2D eigenvalue weighted by Gasteiger charge is 2.49. The largest absolute Gasteiger partial charge is 0.462 e. The number of carbonyl (C=O) groups excluding carboxylic acids is 3. The van der Waals surface area contributed by atoms with Gasteiger partial charge in [-0.05, 0) is 37.5 Å². The van der Waals surface area contributed by atoms with Gasteiger partial charge in [0.2, 0.25) is 0 Å². The molecule has 25 heavy (non-hydrogen) atoms. The third-order valence-electron chi connectivity index (χ3n) is 5.59. The van der Waals surface area contributed by atoms with Gasteiger partial charge in [0.05, 0.1) is 5.41 Å². The Kier molecular flexibility index (Phi) is 8.83. The van der Waals surface area contributed by atoms with E-state index in [9.17, 15) is 14.4 Å². The van der Waals surface area contributed by atoms with E-state index in [1.807, 2.05) is 6.92 Å². The first-order valence-corrected chi connectivity index (χ1v) is 9.13. The first-order valence-electron chi connectivity index (χ1n) is 9.13. The Morgan fingerprint density at radius 1 is 0.840 bits per heavy atom. The molecule has 1 unspecified atom stereocenters. The average Bonchev–Trinajstić information content (AvgIpc) is 2.49. The van der Waals surface area contributed by atoms with Crippen LogP contribution < -0.4 is 0 Å². The van der Waals surface area contributed by atoms with Crippen molar-refractivity contribution in [2.75, 3.05) is 13.2 Å². The summed E-state index contributed by atoms with van der Waals surface area (Å²) in [4.78, 5) is 35.1. The molecule has 0 saturated heterocycles. The fraction of sp³-hybridized carbons (Fsp3) is 0.850. The molecule has 0 aromatic rings. The predicted molar refractivity (Wildman–Crippen MR) is 98.1 cm³/mol. The molecule has 0 aromatic carbocycles. The second kappa shape index (κ2) is 9.35. The summed E-state index contributed by atoms with van der Waals surface area (Å²) in [7, 11) is 0. The SMILES string of the molecule is CCC(C)(C)CC(C)(C(=O)OCCOC(=O)CC(C)=O)C(C)(C)CC. The molecule has 0 rings (SSSR count). The zero-order chi connectivity index (χ0) is 19.9. The summed E-state index contributed by atoms with van der Waals surface area (Å²) in [6.07, 6.45) is 2.30. The van der Waals surface area contributed by atoms with Crippen LogP contribution in [0.2, 0.25) is 0 Å². The van der Waals surface area contributed by atoms with Crippen molar-refractivity contribution in [1.82, 2.24) is 0 Å². The molecule has 0 saturated carbocycles. The van der Waals surface area contributed by atoms with E-state index < -0.39 is 11.4 Å². The Balaban J connectivity index is 4.91.